The Balaban J connectivity index is 3.61. The van der Waals surface area contributed by atoms with Crippen LogP contribution in [0.5, 0.6) is 0 Å². The zero-order chi connectivity index (χ0) is 10.8. The van der Waals surface area contributed by atoms with Gasteiger partial charge < -0.3 is 9.47 Å². The van der Waals surface area contributed by atoms with E-state index in [9.17, 15) is 4.57 Å². The van der Waals surface area contributed by atoms with E-state index in [-0.39, 0.29) is 0 Å². The Morgan fingerprint density at radius 3 is 1.86 bits per heavy atom. The third kappa shape index (κ3) is 7.39. The minimum atomic E-state index is -2.39. The van der Waals surface area contributed by atoms with Crippen LogP contribution in [0.2, 0.25) is 0 Å². The topological polar surface area (TPSA) is 55.8 Å². The van der Waals surface area contributed by atoms with Crippen LogP contribution in [-0.2, 0) is 14.0 Å². The molecule has 0 radical (unpaired) electrons. The Morgan fingerprint density at radius 1 is 1.14 bits per heavy atom. The highest BCUT2D eigenvalue weighted by molar-refractivity contribution is 7.38. The highest BCUT2D eigenvalue weighted by Gasteiger charge is 2.30. The van der Waals surface area contributed by atoms with Crippen molar-refractivity contribution in [2.24, 2.45) is 0 Å². The Morgan fingerprint density at radius 2 is 1.57 bits per heavy atom. The Bertz CT molecular complexity index is 142. The molecule has 1 atom stereocenters. The average Bonchev–Trinajstić information content (AvgIpc) is 2.15. The van der Waals surface area contributed by atoms with E-state index in [0.717, 1.165) is 25.7 Å². The van der Waals surface area contributed by atoms with Gasteiger partial charge in [0.05, 0.1) is 13.2 Å². The SMILES string of the molecule is CCCCOC(OCCCC)[P+](=O)O. The monoisotopic (exact) mass is 223 g/mol. The maximum absolute atomic E-state index is 10.8. The number of hydrogen-bond acceptors (Lipinski definition) is 3. The van der Waals surface area contributed by atoms with E-state index in [0.29, 0.717) is 13.2 Å². The lowest BCUT2D eigenvalue weighted by atomic mass is 10.4. The van der Waals surface area contributed by atoms with Crippen LogP contribution >= 0.6 is 8.03 Å². The van der Waals surface area contributed by atoms with Gasteiger partial charge in [0.25, 0.3) is 0 Å². The van der Waals surface area contributed by atoms with Crippen LogP contribution in [0.25, 0.3) is 0 Å². The molecule has 0 aromatic carbocycles. The molecule has 0 amide bonds. The van der Waals surface area contributed by atoms with Crippen LogP contribution in [0.1, 0.15) is 39.5 Å². The molecule has 0 saturated heterocycles. The molecule has 1 unspecified atom stereocenters. The lowest BCUT2D eigenvalue weighted by molar-refractivity contribution is -0.0930. The van der Waals surface area contributed by atoms with E-state index in [1.165, 1.54) is 0 Å². The first kappa shape index (κ1) is 14.0. The van der Waals surface area contributed by atoms with E-state index in [1.807, 2.05) is 13.8 Å². The Hall–Kier alpha value is -0.0200. The second kappa shape index (κ2) is 9.53. The van der Waals surface area contributed by atoms with Gasteiger partial charge in [-0.3, -0.25) is 0 Å². The van der Waals surface area contributed by atoms with Crippen molar-refractivity contribution in [2.75, 3.05) is 13.2 Å². The van der Waals surface area contributed by atoms with E-state index in [1.54, 1.807) is 0 Å². The van der Waals surface area contributed by atoms with Gasteiger partial charge in [-0.2, -0.15) is 4.89 Å². The van der Waals surface area contributed by atoms with Gasteiger partial charge in [-0.1, -0.05) is 26.7 Å². The fraction of sp³-hybridized carbons (Fsp3) is 1.00. The molecular formula is C9H20O4P+. The van der Waals surface area contributed by atoms with E-state index >= 15 is 0 Å². The quantitative estimate of drug-likeness (QED) is 0.371. The number of unbranched alkanes of at least 4 members (excludes halogenated alkanes) is 2. The summed E-state index contributed by atoms with van der Waals surface area (Å²) in [4.78, 5) is 8.87. The summed E-state index contributed by atoms with van der Waals surface area (Å²) in [6.07, 6.45) is 3.78. The third-order valence-electron chi connectivity index (χ3n) is 1.70. The van der Waals surface area contributed by atoms with Crippen molar-refractivity contribution in [1.29, 1.82) is 0 Å². The zero-order valence-corrected chi connectivity index (χ0v) is 9.83. The molecule has 0 aromatic heterocycles. The minimum Gasteiger partial charge on any atom is -0.310 e. The largest absolute Gasteiger partial charge is 0.569 e. The molecule has 0 aromatic rings. The second-order valence-corrected chi connectivity index (χ2v) is 4.08. The lowest BCUT2D eigenvalue weighted by Crippen LogP contribution is -2.14. The summed E-state index contributed by atoms with van der Waals surface area (Å²) in [7, 11) is -2.39. The molecule has 1 N–H and O–H groups in total. The predicted molar refractivity (Wildman–Crippen MR) is 55.3 cm³/mol. The molecular weight excluding hydrogens is 203 g/mol. The van der Waals surface area contributed by atoms with Gasteiger partial charge in [0, 0.05) is 0 Å². The molecule has 0 heterocycles. The van der Waals surface area contributed by atoms with Gasteiger partial charge in [-0.15, -0.1) is 0 Å². The van der Waals surface area contributed by atoms with Crippen LogP contribution in [0.3, 0.4) is 0 Å². The summed E-state index contributed by atoms with van der Waals surface area (Å²) >= 11 is 0. The molecule has 0 bridgehead atoms. The first-order valence-electron chi connectivity index (χ1n) is 5.10. The lowest BCUT2D eigenvalue weighted by Gasteiger charge is -2.06. The van der Waals surface area contributed by atoms with Crippen LogP contribution in [0.15, 0.2) is 0 Å². The molecule has 5 heteroatoms. The molecule has 4 nitrogen and oxygen atoms in total. The van der Waals surface area contributed by atoms with Gasteiger partial charge in [0.2, 0.25) is 0 Å². The molecule has 0 aliphatic rings. The summed E-state index contributed by atoms with van der Waals surface area (Å²) < 4.78 is 21.1. The minimum absolute atomic E-state index is 0.481. The highest BCUT2D eigenvalue weighted by atomic mass is 31.1. The first-order chi connectivity index (χ1) is 6.72. The van der Waals surface area contributed by atoms with E-state index < -0.39 is 14.1 Å². The van der Waals surface area contributed by atoms with Crippen molar-refractivity contribution in [3.63, 3.8) is 0 Å². The fourth-order valence-corrected chi connectivity index (χ4v) is 1.30. The van der Waals surface area contributed by atoms with Crippen molar-refractivity contribution < 1.29 is 18.9 Å². The molecule has 84 valence electrons. The molecule has 0 saturated carbocycles. The predicted octanol–water partition coefficient (Wildman–Crippen LogP) is 2.64. The summed E-state index contributed by atoms with van der Waals surface area (Å²) in [6.45, 7) is 5.04. The second-order valence-electron chi connectivity index (χ2n) is 3.06. The summed E-state index contributed by atoms with van der Waals surface area (Å²) in [6, 6.07) is -0.942. The van der Waals surface area contributed by atoms with Crippen LogP contribution in [-0.4, -0.2) is 24.1 Å². The zero-order valence-electron chi connectivity index (χ0n) is 8.94. The van der Waals surface area contributed by atoms with Crippen molar-refractivity contribution in [3.8, 4) is 0 Å². The average molecular weight is 223 g/mol. The summed E-state index contributed by atoms with van der Waals surface area (Å²) in [5.74, 6) is 0. The first-order valence-corrected chi connectivity index (χ1v) is 6.39. The number of rotatable bonds is 9. The smallest absolute Gasteiger partial charge is 0.310 e. The van der Waals surface area contributed by atoms with Gasteiger partial charge in [0.1, 0.15) is 0 Å². The van der Waals surface area contributed by atoms with Crippen molar-refractivity contribution >= 4 is 8.03 Å². The van der Waals surface area contributed by atoms with Gasteiger partial charge in [0.15, 0.2) is 0 Å². The van der Waals surface area contributed by atoms with Crippen molar-refractivity contribution in [3.05, 3.63) is 0 Å². The van der Waals surface area contributed by atoms with Gasteiger partial charge in [-0.05, 0) is 17.4 Å². The maximum atomic E-state index is 10.8. The molecule has 14 heavy (non-hydrogen) atoms. The normalized spacial score (nSPS) is 12.1. The molecule has 0 spiro atoms. The van der Waals surface area contributed by atoms with Crippen molar-refractivity contribution in [2.45, 2.75) is 45.6 Å². The maximum Gasteiger partial charge on any atom is 0.569 e. The van der Waals surface area contributed by atoms with Gasteiger partial charge >= 0.3 is 14.1 Å². The van der Waals surface area contributed by atoms with Crippen LogP contribution < -0.4 is 0 Å². The fourth-order valence-electron chi connectivity index (χ4n) is 0.833. The molecule has 0 aliphatic carbocycles. The van der Waals surface area contributed by atoms with Gasteiger partial charge in [-0.25, -0.2) is 0 Å². The Kier molecular flexibility index (Phi) is 9.52. The number of hydrogen-bond donors (Lipinski definition) is 1. The summed E-state index contributed by atoms with van der Waals surface area (Å²) in [5.41, 5.74) is 0. The highest BCUT2D eigenvalue weighted by Crippen LogP contribution is 2.25. The van der Waals surface area contributed by atoms with Crippen molar-refractivity contribution in [1.82, 2.24) is 0 Å². The Labute approximate surface area is 86.5 Å². The molecule has 0 aliphatic heterocycles. The standard InChI is InChI=1S/C9H19O4P/c1-3-5-7-12-9(14(10)11)13-8-6-4-2/h9H,3-8H2,1-2H3/p+1. The van der Waals surface area contributed by atoms with E-state index in [2.05, 4.69) is 0 Å². The summed E-state index contributed by atoms with van der Waals surface area (Å²) in [5, 5.41) is 0. The van der Waals surface area contributed by atoms with Crippen LogP contribution in [0, 0.1) is 0 Å². The van der Waals surface area contributed by atoms with Crippen LogP contribution in [0.4, 0.5) is 0 Å². The molecule has 0 rings (SSSR count). The third-order valence-corrected chi connectivity index (χ3v) is 2.36. The van der Waals surface area contributed by atoms with E-state index in [4.69, 9.17) is 14.4 Å². The number of ether oxygens (including phenoxy) is 2. The molecule has 0 fully saturated rings.